The molecule has 5 nitrogen and oxygen atoms in total. The molecule has 140 valence electrons. The fourth-order valence-corrected chi connectivity index (χ4v) is 4.91. The molecule has 5 rings (SSSR count). The highest BCUT2D eigenvalue weighted by Gasteiger charge is 2.39. The highest BCUT2D eigenvalue weighted by atomic mass is 16.5. The van der Waals surface area contributed by atoms with Gasteiger partial charge in [-0.05, 0) is 42.4 Å². The lowest BCUT2D eigenvalue weighted by Crippen LogP contribution is -2.51. The first-order valence-electron chi connectivity index (χ1n) is 9.89. The molecule has 0 aliphatic carbocycles. The number of pyridine rings is 1. The predicted octanol–water partition coefficient (Wildman–Crippen LogP) is 2.64. The Morgan fingerprint density at radius 3 is 2.67 bits per heavy atom. The second kappa shape index (κ2) is 6.64. The van der Waals surface area contributed by atoms with Crippen molar-refractivity contribution in [2.45, 2.75) is 37.8 Å². The average Bonchev–Trinajstić information content (AvgIpc) is 3.23. The van der Waals surface area contributed by atoms with Gasteiger partial charge in [0.05, 0.1) is 0 Å². The Kier molecular flexibility index (Phi) is 4.12. The quantitative estimate of drug-likeness (QED) is 0.823. The maximum atomic E-state index is 12.8. The van der Waals surface area contributed by atoms with Crippen LogP contribution in [0.3, 0.4) is 0 Å². The molecule has 3 aliphatic rings. The van der Waals surface area contributed by atoms with E-state index < -0.39 is 0 Å². The summed E-state index contributed by atoms with van der Waals surface area (Å²) in [6.07, 6.45) is 2.59. The number of carbonyl (C=O) groups is 1. The van der Waals surface area contributed by atoms with Crippen LogP contribution in [0.1, 0.15) is 30.9 Å². The van der Waals surface area contributed by atoms with Crippen LogP contribution in [0.25, 0.3) is 11.1 Å². The molecule has 5 heteroatoms. The fraction of sp³-hybridized carbons (Fsp3) is 0.455. The fourth-order valence-electron chi connectivity index (χ4n) is 4.91. The van der Waals surface area contributed by atoms with Gasteiger partial charge in [0.2, 0.25) is 0 Å². The summed E-state index contributed by atoms with van der Waals surface area (Å²) in [5.74, 6) is 0.707. The van der Waals surface area contributed by atoms with Crippen LogP contribution in [0, 0.1) is 5.92 Å². The standard InChI is InChI=1S/C22H24N2O3/c25-21-11-17(16-5-2-1-3-6-16)10-19-18-9-15(13-24(19)21)12-23(14-18)22(26)20-7-4-8-27-20/h1-3,5-6,10-11,15,18,20H,4,7-9,12-14H2/t15-,18+,20+/m0/s1. The number of hydrogen-bond acceptors (Lipinski definition) is 3. The molecule has 1 amide bonds. The first-order chi connectivity index (χ1) is 13.2. The molecular weight excluding hydrogens is 340 g/mol. The van der Waals surface area contributed by atoms with Gasteiger partial charge in [-0.3, -0.25) is 9.59 Å². The summed E-state index contributed by atoms with van der Waals surface area (Å²) in [6.45, 7) is 2.82. The molecule has 3 atom stereocenters. The van der Waals surface area contributed by atoms with E-state index in [0.717, 1.165) is 42.6 Å². The van der Waals surface area contributed by atoms with E-state index in [1.165, 1.54) is 0 Å². The zero-order chi connectivity index (χ0) is 18.4. The van der Waals surface area contributed by atoms with E-state index in [1.807, 2.05) is 39.8 Å². The van der Waals surface area contributed by atoms with E-state index in [9.17, 15) is 9.59 Å². The molecular formula is C22H24N2O3. The van der Waals surface area contributed by atoms with Gasteiger partial charge in [0.1, 0.15) is 6.10 Å². The molecule has 2 fully saturated rings. The highest BCUT2D eigenvalue weighted by Crippen LogP contribution is 2.37. The second-order valence-corrected chi connectivity index (χ2v) is 8.03. The van der Waals surface area contributed by atoms with Crippen LogP contribution in [0.4, 0.5) is 0 Å². The maximum Gasteiger partial charge on any atom is 0.251 e. The van der Waals surface area contributed by atoms with Gasteiger partial charge in [-0.2, -0.15) is 0 Å². The van der Waals surface area contributed by atoms with Gasteiger partial charge < -0.3 is 14.2 Å². The number of nitrogens with zero attached hydrogens (tertiary/aromatic N) is 2. The number of carbonyl (C=O) groups excluding carboxylic acids is 1. The molecule has 4 heterocycles. The van der Waals surface area contributed by atoms with Crippen LogP contribution in [0.2, 0.25) is 0 Å². The van der Waals surface area contributed by atoms with Crippen molar-refractivity contribution in [3.8, 4) is 11.1 Å². The molecule has 2 bridgehead atoms. The van der Waals surface area contributed by atoms with E-state index in [1.54, 1.807) is 6.07 Å². The first-order valence-corrected chi connectivity index (χ1v) is 9.89. The topological polar surface area (TPSA) is 51.5 Å². The Bertz CT molecular complexity index is 915. The number of piperidine rings is 1. The highest BCUT2D eigenvalue weighted by molar-refractivity contribution is 5.81. The van der Waals surface area contributed by atoms with E-state index in [-0.39, 0.29) is 23.5 Å². The second-order valence-electron chi connectivity index (χ2n) is 8.03. The van der Waals surface area contributed by atoms with Gasteiger partial charge in [-0.15, -0.1) is 0 Å². The van der Waals surface area contributed by atoms with E-state index in [0.29, 0.717) is 25.6 Å². The Hall–Kier alpha value is -2.40. The molecule has 0 N–H and O–H groups in total. The molecule has 2 saturated heterocycles. The molecule has 3 aliphatic heterocycles. The summed E-state index contributed by atoms with van der Waals surface area (Å²) in [5.41, 5.74) is 3.17. The summed E-state index contributed by atoms with van der Waals surface area (Å²) >= 11 is 0. The molecule has 1 aromatic heterocycles. The maximum absolute atomic E-state index is 12.8. The molecule has 2 aromatic rings. The number of aromatic nitrogens is 1. The van der Waals surface area contributed by atoms with Crippen molar-refractivity contribution in [1.29, 1.82) is 0 Å². The van der Waals surface area contributed by atoms with Crippen LogP contribution < -0.4 is 5.56 Å². The number of likely N-dealkylation sites (tertiary alicyclic amines) is 1. The smallest absolute Gasteiger partial charge is 0.251 e. The van der Waals surface area contributed by atoms with Crippen molar-refractivity contribution in [1.82, 2.24) is 9.47 Å². The number of hydrogen-bond donors (Lipinski definition) is 0. The zero-order valence-corrected chi connectivity index (χ0v) is 15.3. The van der Waals surface area contributed by atoms with Crippen molar-refractivity contribution >= 4 is 5.91 Å². The summed E-state index contributed by atoms with van der Waals surface area (Å²) < 4.78 is 7.54. The Morgan fingerprint density at radius 2 is 1.89 bits per heavy atom. The SMILES string of the molecule is O=C([C@H]1CCCO1)N1C[C@@H]2C[C@H](C1)c1cc(-c3ccccc3)cc(=O)n1C2. The number of ether oxygens (including phenoxy) is 1. The normalized spacial score (nSPS) is 26.7. The van der Waals surface area contributed by atoms with Crippen LogP contribution in [0.15, 0.2) is 47.3 Å². The van der Waals surface area contributed by atoms with Crippen molar-refractivity contribution in [3.63, 3.8) is 0 Å². The molecule has 0 unspecified atom stereocenters. The third-order valence-electron chi connectivity index (χ3n) is 6.18. The van der Waals surface area contributed by atoms with E-state index >= 15 is 0 Å². The van der Waals surface area contributed by atoms with Crippen LogP contribution in [-0.2, 0) is 16.1 Å². The van der Waals surface area contributed by atoms with Gasteiger partial charge in [-0.1, -0.05) is 30.3 Å². The molecule has 0 saturated carbocycles. The average molecular weight is 364 g/mol. The van der Waals surface area contributed by atoms with Crippen molar-refractivity contribution in [2.24, 2.45) is 5.92 Å². The van der Waals surface area contributed by atoms with Crippen LogP contribution in [0.5, 0.6) is 0 Å². The molecule has 0 radical (unpaired) electrons. The van der Waals surface area contributed by atoms with Gasteiger partial charge >= 0.3 is 0 Å². The Morgan fingerprint density at radius 1 is 1.04 bits per heavy atom. The monoisotopic (exact) mass is 364 g/mol. The van der Waals surface area contributed by atoms with Crippen molar-refractivity contribution < 1.29 is 9.53 Å². The predicted molar refractivity (Wildman–Crippen MR) is 103 cm³/mol. The lowest BCUT2D eigenvalue weighted by Gasteiger charge is -2.43. The van der Waals surface area contributed by atoms with E-state index in [2.05, 4.69) is 6.07 Å². The minimum atomic E-state index is -0.262. The van der Waals surface area contributed by atoms with Gasteiger partial charge in [0, 0.05) is 43.9 Å². The number of fused-ring (bicyclic) bond motifs is 4. The van der Waals surface area contributed by atoms with Crippen LogP contribution in [-0.4, -0.2) is 41.2 Å². The minimum Gasteiger partial charge on any atom is -0.368 e. The third-order valence-corrected chi connectivity index (χ3v) is 6.18. The van der Waals surface area contributed by atoms with Gasteiger partial charge in [0.15, 0.2) is 0 Å². The Balaban J connectivity index is 1.47. The van der Waals surface area contributed by atoms with Crippen molar-refractivity contribution in [2.75, 3.05) is 19.7 Å². The van der Waals surface area contributed by atoms with Gasteiger partial charge in [0.25, 0.3) is 11.5 Å². The third kappa shape index (κ3) is 3.00. The number of amides is 1. The van der Waals surface area contributed by atoms with Crippen LogP contribution >= 0.6 is 0 Å². The summed E-state index contributed by atoms with van der Waals surface area (Å²) in [7, 11) is 0. The van der Waals surface area contributed by atoms with E-state index in [4.69, 9.17) is 4.74 Å². The zero-order valence-electron chi connectivity index (χ0n) is 15.3. The van der Waals surface area contributed by atoms with Crippen molar-refractivity contribution in [3.05, 3.63) is 58.5 Å². The number of benzene rings is 1. The van der Waals surface area contributed by atoms with Gasteiger partial charge in [-0.25, -0.2) is 0 Å². The number of rotatable bonds is 2. The Labute approximate surface area is 158 Å². The summed E-state index contributed by atoms with van der Waals surface area (Å²) in [6, 6.07) is 13.9. The first kappa shape index (κ1) is 16.8. The molecule has 0 spiro atoms. The summed E-state index contributed by atoms with van der Waals surface area (Å²) in [4.78, 5) is 27.6. The molecule has 1 aromatic carbocycles. The minimum absolute atomic E-state index is 0.0694. The summed E-state index contributed by atoms with van der Waals surface area (Å²) in [5, 5.41) is 0. The lowest BCUT2D eigenvalue weighted by molar-refractivity contribution is -0.143. The molecule has 27 heavy (non-hydrogen) atoms. The largest absolute Gasteiger partial charge is 0.368 e. The lowest BCUT2D eigenvalue weighted by atomic mass is 9.82.